The van der Waals surface area contributed by atoms with Crippen LogP contribution < -0.4 is 5.32 Å². The number of ether oxygens (including phenoxy) is 1. The molecule has 2 fully saturated rings. The van der Waals surface area contributed by atoms with E-state index in [1.54, 1.807) is 6.92 Å². The number of rotatable bonds is 4. The first kappa shape index (κ1) is 18.2. The zero-order chi connectivity index (χ0) is 15.4. The highest BCUT2D eigenvalue weighted by Gasteiger charge is 2.27. The molecule has 0 bridgehead atoms. The number of hydrogen-bond acceptors (Lipinski definition) is 6. The quantitative estimate of drug-likeness (QED) is 0.876. The zero-order valence-corrected chi connectivity index (χ0v) is 14.3. The Morgan fingerprint density at radius 1 is 1.48 bits per heavy atom. The summed E-state index contributed by atoms with van der Waals surface area (Å²) in [4.78, 5) is 18.7. The van der Waals surface area contributed by atoms with Gasteiger partial charge in [-0.2, -0.15) is 4.98 Å². The van der Waals surface area contributed by atoms with E-state index in [0.29, 0.717) is 24.8 Å². The Morgan fingerprint density at radius 2 is 2.35 bits per heavy atom. The van der Waals surface area contributed by atoms with Crippen molar-refractivity contribution in [1.82, 2.24) is 20.4 Å². The van der Waals surface area contributed by atoms with Crippen LogP contribution in [0.25, 0.3) is 0 Å². The van der Waals surface area contributed by atoms with Crippen molar-refractivity contribution in [2.24, 2.45) is 5.92 Å². The molecule has 8 heteroatoms. The average molecular weight is 345 g/mol. The summed E-state index contributed by atoms with van der Waals surface area (Å²) in [5.41, 5.74) is 0. The van der Waals surface area contributed by atoms with E-state index in [0.717, 1.165) is 51.3 Å². The number of hydrogen-bond donors (Lipinski definition) is 1. The average Bonchev–Trinajstić information content (AvgIpc) is 2.93. The van der Waals surface area contributed by atoms with Crippen LogP contribution in [0.2, 0.25) is 0 Å². The first-order valence-corrected chi connectivity index (χ1v) is 8.09. The van der Waals surface area contributed by atoms with Gasteiger partial charge in [-0.15, -0.1) is 12.4 Å². The summed E-state index contributed by atoms with van der Waals surface area (Å²) in [7, 11) is 0. The van der Waals surface area contributed by atoms with E-state index in [9.17, 15) is 4.79 Å². The van der Waals surface area contributed by atoms with Gasteiger partial charge in [0, 0.05) is 45.4 Å². The largest absolute Gasteiger partial charge is 0.378 e. The number of amides is 1. The number of carbonyl (C=O) groups excluding carboxylic acids is 1. The number of aromatic nitrogens is 2. The number of carbonyl (C=O) groups is 1. The summed E-state index contributed by atoms with van der Waals surface area (Å²) in [5.74, 6) is 1.99. The van der Waals surface area contributed by atoms with E-state index in [4.69, 9.17) is 9.26 Å². The summed E-state index contributed by atoms with van der Waals surface area (Å²) < 4.78 is 10.4. The highest BCUT2D eigenvalue weighted by molar-refractivity contribution is 5.85. The summed E-state index contributed by atoms with van der Waals surface area (Å²) in [6.45, 7) is 5.64. The van der Waals surface area contributed by atoms with Crippen LogP contribution in [-0.2, 0) is 16.0 Å². The van der Waals surface area contributed by atoms with Gasteiger partial charge >= 0.3 is 0 Å². The predicted octanol–water partition coefficient (Wildman–Crippen LogP) is 0.959. The minimum atomic E-state index is 0. The number of aryl methyl sites for hydroxylation is 1. The fraction of sp³-hybridized carbons (Fsp3) is 0.800. The molecule has 2 aliphatic heterocycles. The lowest BCUT2D eigenvalue weighted by Crippen LogP contribution is -2.47. The van der Waals surface area contributed by atoms with Gasteiger partial charge in [0.15, 0.2) is 5.82 Å². The molecule has 0 spiro atoms. The number of nitrogens with one attached hydrogen (secondary N) is 1. The molecule has 1 aromatic heterocycles. The van der Waals surface area contributed by atoms with Gasteiger partial charge in [0.25, 0.3) is 0 Å². The van der Waals surface area contributed by atoms with Gasteiger partial charge in [-0.25, -0.2) is 0 Å². The van der Waals surface area contributed by atoms with Crippen LogP contribution in [-0.4, -0.2) is 59.8 Å². The van der Waals surface area contributed by atoms with Gasteiger partial charge in [-0.1, -0.05) is 5.16 Å². The van der Waals surface area contributed by atoms with Crippen molar-refractivity contribution in [3.8, 4) is 0 Å². The Balaban J connectivity index is 0.00000192. The molecular weight excluding hydrogens is 320 g/mol. The summed E-state index contributed by atoms with van der Waals surface area (Å²) in [5, 5.41) is 7.30. The second-order valence-electron chi connectivity index (χ2n) is 6.21. The SMILES string of the molecule is Cc1nc(CC2CCCN(C(=O)CC3COCCN3)C2)no1.Cl. The smallest absolute Gasteiger partial charge is 0.224 e. The molecule has 1 N–H and O–H groups in total. The molecule has 2 unspecified atom stereocenters. The fourth-order valence-corrected chi connectivity index (χ4v) is 3.23. The second-order valence-corrected chi connectivity index (χ2v) is 6.21. The Labute approximate surface area is 142 Å². The first-order chi connectivity index (χ1) is 10.7. The van der Waals surface area contributed by atoms with E-state index in [1.807, 2.05) is 4.90 Å². The molecule has 0 saturated carbocycles. The molecule has 2 aliphatic rings. The first-order valence-electron chi connectivity index (χ1n) is 8.09. The van der Waals surface area contributed by atoms with Crippen molar-refractivity contribution in [1.29, 1.82) is 0 Å². The maximum atomic E-state index is 12.4. The van der Waals surface area contributed by atoms with Crippen molar-refractivity contribution in [3.63, 3.8) is 0 Å². The van der Waals surface area contributed by atoms with Gasteiger partial charge in [0.1, 0.15) is 0 Å². The van der Waals surface area contributed by atoms with Gasteiger partial charge in [0.05, 0.1) is 13.2 Å². The minimum absolute atomic E-state index is 0. The number of likely N-dealkylation sites (tertiary alicyclic amines) is 1. The Kier molecular flexibility index (Phi) is 6.80. The van der Waals surface area contributed by atoms with Crippen LogP contribution in [0.4, 0.5) is 0 Å². The van der Waals surface area contributed by atoms with Crippen molar-refractivity contribution >= 4 is 18.3 Å². The summed E-state index contributed by atoms with van der Waals surface area (Å²) in [6, 6.07) is 0.154. The van der Waals surface area contributed by atoms with Crippen molar-refractivity contribution in [2.75, 3.05) is 32.8 Å². The molecule has 130 valence electrons. The molecule has 7 nitrogen and oxygen atoms in total. The molecule has 2 saturated heterocycles. The molecule has 2 atom stereocenters. The monoisotopic (exact) mass is 344 g/mol. The fourth-order valence-electron chi connectivity index (χ4n) is 3.23. The number of piperidine rings is 1. The lowest BCUT2D eigenvalue weighted by molar-refractivity contribution is -0.134. The van der Waals surface area contributed by atoms with Crippen LogP contribution in [0, 0.1) is 12.8 Å². The van der Waals surface area contributed by atoms with Crippen LogP contribution in [0.15, 0.2) is 4.52 Å². The zero-order valence-electron chi connectivity index (χ0n) is 13.5. The summed E-state index contributed by atoms with van der Waals surface area (Å²) in [6.07, 6.45) is 3.46. The van der Waals surface area contributed by atoms with Crippen LogP contribution >= 0.6 is 12.4 Å². The number of halogens is 1. The maximum Gasteiger partial charge on any atom is 0.224 e. The van der Waals surface area contributed by atoms with E-state index in [1.165, 1.54) is 0 Å². The number of morpholine rings is 1. The molecule has 1 amide bonds. The van der Waals surface area contributed by atoms with Crippen molar-refractivity contribution < 1.29 is 14.1 Å². The molecular formula is C15H25ClN4O3. The Bertz CT molecular complexity index is 505. The lowest BCUT2D eigenvalue weighted by atomic mass is 9.94. The summed E-state index contributed by atoms with van der Waals surface area (Å²) >= 11 is 0. The van der Waals surface area contributed by atoms with E-state index >= 15 is 0 Å². The van der Waals surface area contributed by atoms with Gasteiger partial charge < -0.3 is 19.5 Å². The molecule has 3 rings (SSSR count). The van der Waals surface area contributed by atoms with E-state index < -0.39 is 0 Å². The highest BCUT2D eigenvalue weighted by Crippen LogP contribution is 2.21. The van der Waals surface area contributed by atoms with Gasteiger partial charge in [0.2, 0.25) is 11.8 Å². The van der Waals surface area contributed by atoms with E-state index in [-0.39, 0.29) is 24.4 Å². The Hall–Kier alpha value is -1.18. The second kappa shape index (κ2) is 8.61. The van der Waals surface area contributed by atoms with Crippen molar-refractivity contribution in [3.05, 3.63) is 11.7 Å². The minimum Gasteiger partial charge on any atom is -0.378 e. The number of nitrogens with zero attached hydrogens (tertiary/aromatic N) is 3. The topological polar surface area (TPSA) is 80.5 Å². The van der Waals surface area contributed by atoms with Gasteiger partial charge in [-0.3, -0.25) is 4.79 Å². The molecule has 0 aromatic carbocycles. The third kappa shape index (κ3) is 5.16. The molecule has 0 radical (unpaired) electrons. The highest BCUT2D eigenvalue weighted by atomic mass is 35.5. The van der Waals surface area contributed by atoms with Gasteiger partial charge in [-0.05, 0) is 18.8 Å². The Morgan fingerprint density at radius 3 is 3.04 bits per heavy atom. The standard InChI is InChI=1S/C15H24N4O3.ClH/c1-11-17-14(18-22-11)7-12-3-2-5-19(9-12)15(20)8-13-10-21-6-4-16-13;/h12-13,16H,2-10H2,1H3;1H. The lowest BCUT2D eigenvalue weighted by Gasteiger charge is -2.34. The molecule has 23 heavy (non-hydrogen) atoms. The van der Waals surface area contributed by atoms with Crippen LogP contribution in [0.1, 0.15) is 31.0 Å². The van der Waals surface area contributed by atoms with Crippen molar-refractivity contribution in [2.45, 2.75) is 38.6 Å². The maximum absolute atomic E-state index is 12.4. The molecule has 3 heterocycles. The van der Waals surface area contributed by atoms with Crippen LogP contribution in [0.5, 0.6) is 0 Å². The van der Waals surface area contributed by atoms with E-state index in [2.05, 4.69) is 15.5 Å². The normalized spacial score (nSPS) is 25.0. The van der Waals surface area contributed by atoms with Crippen LogP contribution in [0.3, 0.4) is 0 Å². The predicted molar refractivity (Wildman–Crippen MR) is 86.5 cm³/mol. The molecule has 0 aliphatic carbocycles. The third-order valence-corrected chi connectivity index (χ3v) is 4.33. The third-order valence-electron chi connectivity index (χ3n) is 4.33. The molecule has 1 aromatic rings.